The molecule has 23 rings (SSSR count). The van der Waals surface area contributed by atoms with Crippen molar-refractivity contribution in [2.75, 3.05) is 149 Å². The highest BCUT2D eigenvalue weighted by Gasteiger charge is 2.27. The van der Waals surface area contributed by atoms with E-state index in [9.17, 15) is 24.0 Å². The van der Waals surface area contributed by atoms with Gasteiger partial charge in [0.2, 0.25) is 0 Å². The van der Waals surface area contributed by atoms with Gasteiger partial charge in [-0.15, -0.1) is 0 Å². The van der Waals surface area contributed by atoms with E-state index in [0.717, 1.165) is 225 Å². The van der Waals surface area contributed by atoms with E-state index in [0.29, 0.717) is 91.9 Å². The topological polar surface area (TPSA) is 303 Å². The van der Waals surface area contributed by atoms with Crippen LogP contribution in [0, 0.1) is 20.8 Å². The van der Waals surface area contributed by atoms with Gasteiger partial charge in [-0.1, -0.05) is 45.1 Å². The number of methoxy groups -OCH3 is 2. The molecular weight excluding hydrogens is 1830 g/mol. The maximum atomic E-state index is 13.1. The zero-order valence-corrected chi connectivity index (χ0v) is 85.8. The molecule has 0 bridgehead atoms. The second kappa shape index (κ2) is 43.2. The minimum Gasteiger partial charge on any atom is -0.493 e. The van der Waals surface area contributed by atoms with Crippen LogP contribution in [0.15, 0.2) is 250 Å². The van der Waals surface area contributed by atoms with E-state index in [4.69, 9.17) is 29.4 Å². The van der Waals surface area contributed by atoms with Crippen LogP contribution >= 0.6 is 0 Å². The number of rotatable bonds is 17. The number of nitrogens with zero attached hydrogens (tertiary/aromatic N) is 25. The van der Waals surface area contributed by atoms with Crippen LogP contribution in [0.25, 0.3) is 118 Å². The molecule has 33 heteroatoms. The Hall–Kier alpha value is -15.6. The van der Waals surface area contributed by atoms with Gasteiger partial charge in [-0.25, -0.2) is 39.4 Å². The number of imidazole rings is 1. The van der Waals surface area contributed by atoms with E-state index in [-0.39, 0.29) is 27.8 Å². The minimum atomic E-state index is -0.0991. The van der Waals surface area contributed by atoms with E-state index in [2.05, 4.69) is 156 Å². The highest BCUT2D eigenvalue weighted by Crippen LogP contribution is 2.36. The van der Waals surface area contributed by atoms with Crippen LogP contribution in [0.2, 0.25) is 0 Å². The van der Waals surface area contributed by atoms with Gasteiger partial charge in [0.05, 0.1) is 94.6 Å². The van der Waals surface area contributed by atoms with Crippen molar-refractivity contribution in [1.82, 2.24) is 111 Å². The molecule has 3 saturated heterocycles. The third-order valence-electron chi connectivity index (χ3n) is 28.6. The standard InChI is InChI=1S/C25H31N7O.C23H28N4O3.C22H23N5O.C22H21N5O.C21H23N5O/c1-5-29(6-2)19-9-11-30(12-10-19)20-7-8-24-27-21(14-25(33)31(24)16-20)22-13-23-18(4)26-17(3)15-32(23)28-22;1-5-16-10-18(26-9-8-24-15(2)13-26)14-27-22(28)12-19(25-23(16)27)17-6-7-20(29-3)21(11-17)30-4;1-15-12-26-13-18(4-5-20(26)23-15)19-11-22(28)27-14-17(3-6-21(27)24-19)16-7-9-25(2)10-8-16;1-25-9-7-15(8-10-25)17-4-6-21-24-19(12-22(28)27(21)14-17)16-3-5-20-18(11-16)13-23-26(20)2;1-24(2)19-6-4-16(13-22-19)18-12-21(27)26-14-17(5-7-20(26)23-18)15-8-10-25(3)11-9-15/h7-8,13-16,19H,5-6,9-12H2,1-4H3;6-7,10-12,14-15,24H,5,8-9,13H2,1-4H3;3-6,11-14,16H,7-10H2,1-2H3;3-7,11-14H,8-10H2,1-2H3;4-8,12-14H,9-11H2,1-3H3/t;15-;;;/m.1.../s1. The van der Waals surface area contributed by atoms with Gasteiger partial charge in [0.25, 0.3) is 27.8 Å². The van der Waals surface area contributed by atoms with Crippen LogP contribution in [0.4, 0.5) is 17.2 Å². The number of benzene rings is 2. The second-order valence-corrected chi connectivity index (χ2v) is 38.9. The number of pyridine rings is 7. The summed E-state index contributed by atoms with van der Waals surface area (Å²) >= 11 is 0. The SMILES string of the molecule is CCN(CC)C1CCN(c2ccc3nc(-c4cc5c(C)nc(C)cn5n4)cc(=O)n3c2)CC1.CCc1cc(N2CCN[C@H](C)C2)cn2c(=O)cc(-c3ccc(OC)c(OC)c3)nc12.CN1CC=C(c2ccc3nc(-c4ccc(N(C)C)nc4)cc(=O)n3c2)CC1.CN1CC=C(c2ccc3nc(-c4ccc5c(cnn5C)c4)cc(=O)n3c2)CC1.Cc1cn2cc(-c3cc(=O)n4cc(C5CCN(C)CC5)ccc4n3)ccc2n1. The molecule has 16 aromatic heterocycles. The van der Waals surface area contributed by atoms with Crippen LogP contribution in [-0.2, 0) is 13.5 Å². The molecule has 5 aliphatic rings. The summed E-state index contributed by atoms with van der Waals surface area (Å²) in [6, 6.07) is 48.6. The van der Waals surface area contributed by atoms with Gasteiger partial charge in [0.15, 0.2) is 11.5 Å². The zero-order valence-electron chi connectivity index (χ0n) is 85.8. The van der Waals surface area contributed by atoms with Gasteiger partial charge in [-0.05, 0) is 268 Å². The Morgan fingerprint density at radius 2 is 0.986 bits per heavy atom. The number of anilines is 3. The van der Waals surface area contributed by atoms with Gasteiger partial charge in [0.1, 0.15) is 45.4 Å². The van der Waals surface area contributed by atoms with E-state index >= 15 is 0 Å². The third kappa shape index (κ3) is 21.6. The lowest BCUT2D eigenvalue weighted by Crippen LogP contribution is -2.49. The summed E-state index contributed by atoms with van der Waals surface area (Å²) in [5.41, 5.74) is 25.1. The molecule has 750 valence electrons. The number of fused-ring (bicyclic) bond motifs is 8. The lowest BCUT2D eigenvalue weighted by Gasteiger charge is -2.38. The molecule has 21 heterocycles. The largest absolute Gasteiger partial charge is 0.493 e. The summed E-state index contributed by atoms with van der Waals surface area (Å²) in [5.74, 6) is 2.63. The van der Waals surface area contributed by atoms with Crippen molar-refractivity contribution >= 4 is 78.6 Å². The van der Waals surface area contributed by atoms with Crippen LogP contribution in [0.3, 0.4) is 0 Å². The summed E-state index contributed by atoms with van der Waals surface area (Å²) in [4.78, 5) is 118. The van der Waals surface area contributed by atoms with Gasteiger partial charge >= 0.3 is 0 Å². The molecule has 146 heavy (non-hydrogen) atoms. The molecule has 3 fully saturated rings. The second-order valence-electron chi connectivity index (χ2n) is 38.9. The molecule has 0 amide bonds. The van der Waals surface area contributed by atoms with Crippen molar-refractivity contribution in [1.29, 1.82) is 0 Å². The van der Waals surface area contributed by atoms with Gasteiger partial charge < -0.3 is 53.5 Å². The first-order valence-electron chi connectivity index (χ1n) is 50.4. The molecule has 1 atom stereocenters. The van der Waals surface area contributed by atoms with Crippen LogP contribution in [0.1, 0.15) is 111 Å². The summed E-state index contributed by atoms with van der Waals surface area (Å²) in [5, 5.41) is 13.4. The molecule has 33 nitrogen and oxygen atoms in total. The lowest BCUT2D eigenvalue weighted by atomic mass is 9.91. The first-order valence-corrected chi connectivity index (χ1v) is 50.4. The molecule has 0 aliphatic carbocycles. The fraction of sp³-hybridized carbons (Fsp3) is 0.336. The van der Waals surface area contributed by atoms with Crippen molar-refractivity contribution in [2.45, 2.75) is 111 Å². The highest BCUT2D eigenvalue weighted by molar-refractivity contribution is 5.84. The van der Waals surface area contributed by atoms with Crippen molar-refractivity contribution in [2.24, 2.45) is 7.05 Å². The molecule has 0 radical (unpaired) electrons. The van der Waals surface area contributed by atoms with Crippen molar-refractivity contribution in [3.05, 3.63) is 317 Å². The maximum absolute atomic E-state index is 13.1. The van der Waals surface area contributed by atoms with Crippen LogP contribution < -0.4 is 57.3 Å². The number of likely N-dealkylation sites (tertiary alicyclic amines) is 1. The highest BCUT2D eigenvalue weighted by atomic mass is 16.5. The predicted molar refractivity (Wildman–Crippen MR) is 580 cm³/mol. The first kappa shape index (κ1) is 99.2. The van der Waals surface area contributed by atoms with Crippen LogP contribution in [-0.4, -0.2) is 252 Å². The zero-order chi connectivity index (χ0) is 102. The average Bonchev–Trinajstić information content (AvgIpc) is 1.64. The summed E-state index contributed by atoms with van der Waals surface area (Å²) in [6.45, 7) is 27.7. The predicted octanol–water partition coefficient (Wildman–Crippen LogP) is 14.7. The summed E-state index contributed by atoms with van der Waals surface area (Å²) in [6.07, 6.45) is 30.8. The average molecular weight is 1960 g/mol. The molecule has 2 aromatic carbocycles. The number of ether oxygens (including phenoxy) is 2. The van der Waals surface area contributed by atoms with E-state index in [1.807, 2.05) is 203 Å². The number of hydrogen-bond acceptors (Lipinski definition) is 25. The van der Waals surface area contributed by atoms with Gasteiger partial charge in [-0.3, -0.25) is 55.6 Å². The molecule has 0 saturated carbocycles. The Labute approximate surface area is 846 Å². The van der Waals surface area contributed by atoms with Gasteiger partial charge in [-0.2, -0.15) is 10.2 Å². The normalized spacial score (nSPS) is 15.7. The Kier molecular flexibility index (Phi) is 29.3. The fourth-order valence-corrected chi connectivity index (χ4v) is 20.2. The first-order chi connectivity index (χ1) is 70.6. The summed E-state index contributed by atoms with van der Waals surface area (Å²) < 4.78 is 24.6. The van der Waals surface area contributed by atoms with Crippen molar-refractivity contribution in [3.8, 4) is 67.9 Å². The molecule has 18 aromatic rings. The Bertz CT molecular complexity index is 8320. The Morgan fingerprint density at radius 1 is 0.438 bits per heavy atom. The monoisotopic (exact) mass is 1960 g/mol. The van der Waals surface area contributed by atoms with Gasteiger partial charge in [0, 0.05) is 200 Å². The third-order valence-corrected chi connectivity index (χ3v) is 28.6. The Morgan fingerprint density at radius 3 is 1.60 bits per heavy atom. The fourth-order valence-electron chi connectivity index (χ4n) is 20.2. The number of hydrogen-bond donors (Lipinski definition) is 1. The Balaban J connectivity index is 0.000000115. The maximum Gasteiger partial charge on any atom is 0.258 e. The van der Waals surface area contributed by atoms with Crippen LogP contribution in [0.5, 0.6) is 11.5 Å². The van der Waals surface area contributed by atoms with Crippen molar-refractivity contribution < 1.29 is 9.47 Å². The molecule has 0 spiro atoms. The molecule has 5 aliphatic heterocycles. The molecule has 0 unspecified atom stereocenters. The number of piperazine rings is 1. The number of piperidine rings is 2. The number of likely N-dealkylation sites (N-methyl/N-ethyl adjacent to an activating group) is 2. The quantitative estimate of drug-likeness (QED) is 0.0885. The number of aryl methyl sites for hydroxylation is 5. The summed E-state index contributed by atoms with van der Waals surface area (Å²) in [7, 11) is 15.4. The minimum absolute atomic E-state index is 0.0447. The van der Waals surface area contributed by atoms with E-state index in [1.54, 1.807) is 77.3 Å². The van der Waals surface area contributed by atoms with E-state index < -0.39 is 0 Å². The van der Waals surface area contributed by atoms with Crippen molar-refractivity contribution in [3.63, 3.8) is 0 Å². The lowest BCUT2D eigenvalue weighted by molar-refractivity contribution is 0.186. The molecule has 1 N–H and O–H groups in total. The molecular formula is C113H126N26O7. The van der Waals surface area contributed by atoms with E-state index in [1.165, 1.54) is 16.7 Å². The smallest absolute Gasteiger partial charge is 0.258 e. The number of aromatic nitrogens is 18. The number of nitrogens with one attached hydrogen (secondary N) is 1.